The van der Waals surface area contributed by atoms with Gasteiger partial charge in [-0.15, -0.1) is 0 Å². The first-order valence-corrected chi connectivity index (χ1v) is 6.96. The summed E-state index contributed by atoms with van der Waals surface area (Å²) in [6.45, 7) is 3.13. The van der Waals surface area contributed by atoms with Crippen LogP contribution < -0.4 is 11.1 Å². The number of morpholine rings is 1. The standard InChI is InChI=1S/C12H17BrN4O2/c13-9-7-10(14)12(16-8-9)15-2-1-11(18)17-3-5-19-6-4-17/h7-8H,1-6,14H2,(H,15,16). The van der Waals surface area contributed by atoms with Crippen molar-refractivity contribution in [2.45, 2.75) is 6.42 Å². The highest BCUT2D eigenvalue weighted by Gasteiger charge is 2.16. The van der Waals surface area contributed by atoms with Gasteiger partial charge in [0.1, 0.15) is 5.82 Å². The molecule has 0 aliphatic carbocycles. The van der Waals surface area contributed by atoms with E-state index < -0.39 is 0 Å². The fourth-order valence-corrected chi connectivity index (χ4v) is 2.21. The van der Waals surface area contributed by atoms with Crippen LogP contribution in [-0.2, 0) is 9.53 Å². The van der Waals surface area contributed by atoms with Gasteiger partial charge in [0.15, 0.2) is 0 Å². The summed E-state index contributed by atoms with van der Waals surface area (Å²) >= 11 is 3.30. The number of hydrogen-bond donors (Lipinski definition) is 2. The van der Waals surface area contributed by atoms with E-state index in [1.54, 1.807) is 12.3 Å². The lowest BCUT2D eigenvalue weighted by atomic mass is 10.3. The molecule has 2 heterocycles. The normalized spacial score (nSPS) is 15.3. The van der Waals surface area contributed by atoms with Crippen LogP contribution in [0.4, 0.5) is 11.5 Å². The molecule has 1 amide bonds. The monoisotopic (exact) mass is 328 g/mol. The van der Waals surface area contributed by atoms with Crippen molar-refractivity contribution in [1.29, 1.82) is 0 Å². The van der Waals surface area contributed by atoms with Gasteiger partial charge in [-0.2, -0.15) is 0 Å². The predicted octanol–water partition coefficient (Wildman–Crippen LogP) is 1.09. The van der Waals surface area contributed by atoms with Crippen LogP contribution >= 0.6 is 15.9 Å². The van der Waals surface area contributed by atoms with Crippen molar-refractivity contribution >= 4 is 33.3 Å². The number of nitrogen functional groups attached to an aromatic ring is 1. The third-order valence-corrected chi connectivity index (χ3v) is 3.31. The second-order valence-electron chi connectivity index (χ2n) is 4.26. The first-order chi connectivity index (χ1) is 9.16. The zero-order chi connectivity index (χ0) is 13.7. The second kappa shape index (κ2) is 6.72. The van der Waals surface area contributed by atoms with Crippen molar-refractivity contribution in [3.8, 4) is 0 Å². The number of rotatable bonds is 4. The van der Waals surface area contributed by atoms with E-state index in [2.05, 4.69) is 26.2 Å². The molecule has 6 nitrogen and oxygen atoms in total. The van der Waals surface area contributed by atoms with Crippen LogP contribution in [0.25, 0.3) is 0 Å². The predicted molar refractivity (Wildman–Crippen MR) is 76.9 cm³/mol. The van der Waals surface area contributed by atoms with Crippen LogP contribution in [0.15, 0.2) is 16.7 Å². The first-order valence-electron chi connectivity index (χ1n) is 6.17. The van der Waals surface area contributed by atoms with Crippen LogP contribution in [0.3, 0.4) is 0 Å². The Kier molecular flexibility index (Phi) is 4.98. The summed E-state index contributed by atoms with van der Waals surface area (Å²) in [5.74, 6) is 0.740. The average Bonchev–Trinajstić information content (AvgIpc) is 2.42. The van der Waals surface area contributed by atoms with Crippen molar-refractivity contribution in [2.24, 2.45) is 0 Å². The van der Waals surface area contributed by atoms with Gasteiger partial charge in [0, 0.05) is 36.7 Å². The van der Waals surface area contributed by atoms with E-state index >= 15 is 0 Å². The Labute approximate surface area is 120 Å². The lowest BCUT2D eigenvalue weighted by Gasteiger charge is -2.26. The molecule has 0 unspecified atom stereocenters. The molecule has 1 aromatic rings. The third kappa shape index (κ3) is 4.07. The molecule has 7 heteroatoms. The number of amides is 1. The van der Waals surface area contributed by atoms with Gasteiger partial charge in [0.2, 0.25) is 5.91 Å². The van der Waals surface area contributed by atoms with E-state index in [9.17, 15) is 4.79 Å². The zero-order valence-corrected chi connectivity index (χ0v) is 12.1. The van der Waals surface area contributed by atoms with Crippen molar-refractivity contribution in [2.75, 3.05) is 43.9 Å². The molecule has 2 rings (SSSR count). The van der Waals surface area contributed by atoms with Crippen LogP contribution in [0.1, 0.15) is 6.42 Å². The van der Waals surface area contributed by atoms with E-state index in [1.165, 1.54) is 0 Å². The maximum Gasteiger partial charge on any atom is 0.224 e. The van der Waals surface area contributed by atoms with Crippen LogP contribution in [-0.4, -0.2) is 48.6 Å². The van der Waals surface area contributed by atoms with E-state index in [1.807, 2.05) is 4.90 Å². The number of nitrogens with zero attached hydrogens (tertiary/aromatic N) is 2. The maximum atomic E-state index is 11.9. The molecule has 0 bridgehead atoms. The van der Waals surface area contributed by atoms with Crippen LogP contribution in [0.5, 0.6) is 0 Å². The molecule has 0 atom stereocenters. The number of aromatic nitrogens is 1. The summed E-state index contributed by atoms with van der Waals surface area (Å²) in [5, 5.41) is 3.07. The summed E-state index contributed by atoms with van der Waals surface area (Å²) in [6, 6.07) is 1.78. The van der Waals surface area contributed by atoms with Gasteiger partial charge in [0.05, 0.1) is 18.9 Å². The summed E-state index contributed by atoms with van der Waals surface area (Å²) in [6.07, 6.45) is 2.10. The number of anilines is 2. The highest BCUT2D eigenvalue weighted by atomic mass is 79.9. The van der Waals surface area contributed by atoms with E-state index in [-0.39, 0.29) is 5.91 Å². The van der Waals surface area contributed by atoms with Crippen molar-refractivity contribution in [1.82, 2.24) is 9.88 Å². The Balaban J connectivity index is 1.78. The molecule has 0 aromatic carbocycles. The highest BCUT2D eigenvalue weighted by molar-refractivity contribution is 9.10. The first kappa shape index (κ1) is 14.1. The molecule has 1 fully saturated rings. The van der Waals surface area contributed by atoms with Crippen LogP contribution in [0.2, 0.25) is 0 Å². The van der Waals surface area contributed by atoms with Crippen molar-refractivity contribution in [3.05, 3.63) is 16.7 Å². The zero-order valence-electron chi connectivity index (χ0n) is 10.6. The van der Waals surface area contributed by atoms with Crippen molar-refractivity contribution in [3.63, 3.8) is 0 Å². The van der Waals surface area contributed by atoms with Gasteiger partial charge < -0.3 is 20.7 Å². The molecule has 3 N–H and O–H groups in total. The summed E-state index contributed by atoms with van der Waals surface area (Å²) in [4.78, 5) is 17.9. The van der Waals surface area contributed by atoms with Gasteiger partial charge >= 0.3 is 0 Å². The summed E-state index contributed by atoms with van der Waals surface area (Å²) in [5.41, 5.74) is 6.38. The molecule has 19 heavy (non-hydrogen) atoms. The fourth-order valence-electron chi connectivity index (χ4n) is 1.86. The van der Waals surface area contributed by atoms with E-state index in [4.69, 9.17) is 10.5 Å². The lowest BCUT2D eigenvalue weighted by Crippen LogP contribution is -2.41. The van der Waals surface area contributed by atoms with E-state index in [0.29, 0.717) is 50.8 Å². The average molecular weight is 329 g/mol. The van der Waals surface area contributed by atoms with Crippen LogP contribution in [0, 0.1) is 0 Å². The number of nitrogens with one attached hydrogen (secondary N) is 1. The molecule has 1 saturated heterocycles. The number of hydrogen-bond acceptors (Lipinski definition) is 5. The maximum absolute atomic E-state index is 11.9. The Morgan fingerprint density at radius 2 is 2.26 bits per heavy atom. The van der Waals surface area contributed by atoms with Crippen molar-refractivity contribution < 1.29 is 9.53 Å². The molecule has 104 valence electrons. The summed E-state index contributed by atoms with van der Waals surface area (Å²) in [7, 11) is 0. The molecule has 1 aliphatic rings. The molecule has 1 aromatic heterocycles. The second-order valence-corrected chi connectivity index (χ2v) is 5.18. The fraction of sp³-hybridized carbons (Fsp3) is 0.500. The van der Waals surface area contributed by atoms with Gasteiger partial charge in [-0.3, -0.25) is 4.79 Å². The minimum atomic E-state index is 0.131. The Morgan fingerprint density at radius 1 is 1.53 bits per heavy atom. The number of halogens is 1. The Morgan fingerprint density at radius 3 is 2.95 bits per heavy atom. The minimum Gasteiger partial charge on any atom is -0.396 e. The molecule has 0 spiro atoms. The summed E-state index contributed by atoms with van der Waals surface area (Å²) < 4.78 is 6.04. The number of ether oxygens (including phenoxy) is 1. The molecule has 0 radical (unpaired) electrons. The molecular weight excluding hydrogens is 312 g/mol. The Bertz CT molecular complexity index is 449. The lowest BCUT2D eigenvalue weighted by molar-refractivity contribution is -0.134. The SMILES string of the molecule is Nc1cc(Br)cnc1NCCC(=O)N1CCOCC1. The number of nitrogens with two attached hydrogens (primary N) is 1. The quantitative estimate of drug-likeness (QED) is 0.864. The largest absolute Gasteiger partial charge is 0.396 e. The smallest absolute Gasteiger partial charge is 0.224 e. The van der Waals surface area contributed by atoms with Gasteiger partial charge in [0.25, 0.3) is 0 Å². The Hall–Kier alpha value is -1.34. The number of carbonyl (C=O) groups excluding carboxylic acids is 1. The number of carbonyl (C=O) groups is 1. The highest BCUT2D eigenvalue weighted by Crippen LogP contribution is 2.19. The van der Waals surface area contributed by atoms with E-state index in [0.717, 1.165) is 4.47 Å². The third-order valence-electron chi connectivity index (χ3n) is 2.88. The van der Waals surface area contributed by atoms with Gasteiger partial charge in [-0.25, -0.2) is 4.98 Å². The molecular formula is C12H17BrN4O2. The minimum absolute atomic E-state index is 0.131. The topological polar surface area (TPSA) is 80.5 Å². The number of pyridine rings is 1. The van der Waals surface area contributed by atoms with Gasteiger partial charge in [-0.1, -0.05) is 0 Å². The van der Waals surface area contributed by atoms with Gasteiger partial charge in [-0.05, 0) is 22.0 Å². The molecule has 1 aliphatic heterocycles. The molecule has 0 saturated carbocycles.